The van der Waals surface area contributed by atoms with Gasteiger partial charge in [0, 0.05) is 48.1 Å². The Bertz CT molecular complexity index is 1190. The van der Waals surface area contributed by atoms with Crippen molar-refractivity contribution in [1.29, 1.82) is 0 Å². The van der Waals surface area contributed by atoms with Crippen LogP contribution in [0.2, 0.25) is 10.0 Å². The zero-order chi connectivity index (χ0) is 22.0. The minimum atomic E-state index is -0.728. The summed E-state index contributed by atoms with van der Waals surface area (Å²) in [7, 11) is 0. The molecule has 3 aromatic rings. The highest BCUT2D eigenvalue weighted by Crippen LogP contribution is 2.31. The molecule has 4 rings (SSSR count). The first-order valence-electron chi connectivity index (χ1n) is 9.83. The molecule has 0 saturated carbocycles. The van der Waals surface area contributed by atoms with Crippen molar-refractivity contribution in [3.63, 3.8) is 0 Å². The molecule has 2 aromatic carbocycles. The number of likely N-dealkylation sites (tertiary alicyclic amines) is 1. The van der Waals surface area contributed by atoms with Crippen LogP contribution in [-0.2, 0) is 11.3 Å². The molecule has 1 fully saturated rings. The zero-order valence-electron chi connectivity index (χ0n) is 16.5. The van der Waals surface area contributed by atoms with Crippen molar-refractivity contribution in [2.75, 3.05) is 13.1 Å². The maximum absolute atomic E-state index is 14.2. The monoisotopic (exact) mass is 481 g/mol. The smallest absolute Gasteiger partial charge is 0.222 e. The van der Waals surface area contributed by atoms with E-state index in [9.17, 15) is 13.6 Å². The maximum atomic E-state index is 14.2. The minimum Gasteiger partial charge on any atom is -0.343 e. The molecular formula is C22H19Cl2F2N3OS. The molecule has 0 atom stereocenters. The topological polar surface area (TPSA) is 37.6 Å². The largest absolute Gasteiger partial charge is 0.343 e. The van der Waals surface area contributed by atoms with Gasteiger partial charge in [-0.25, -0.2) is 13.8 Å². The number of rotatable bonds is 6. The Morgan fingerprint density at radius 3 is 2.65 bits per heavy atom. The predicted molar refractivity (Wildman–Crippen MR) is 120 cm³/mol. The van der Waals surface area contributed by atoms with Crippen LogP contribution < -0.4 is 4.80 Å². The highest BCUT2D eigenvalue weighted by molar-refractivity contribution is 7.07. The van der Waals surface area contributed by atoms with Gasteiger partial charge in [-0.05, 0) is 43.2 Å². The fourth-order valence-corrected chi connectivity index (χ4v) is 5.03. The summed E-state index contributed by atoms with van der Waals surface area (Å²) in [4.78, 5) is 18.8. The van der Waals surface area contributed by atoms with Crippen molar-refractivity contribution in [2.24, 2.45) is 4.99 Å². The first-order valence-corrected chi connectivity index (χ1v) is 11.5. The highest BCUT2D eigenvalue weighted by Gasteiger charge is 2.20. The van der Waals surface area contributed by atoms with E-state index in [0.29, 0.717) is 40.8 Å². The van der Waals surface area contributed by atoms with Crippen LogP contribution in [-0.4, -0.2) is 28.5 Å². The molecule has 0 N–H and O–H groups in total. The predicted octanol–water partition coefficient (Wildman–Crippen LogP) is 6.05. The summed E-state index contributed by atoms with van der Waals surface area (Å²) in [5.74, 6) is -1.21. The van der Waals surface area contributed by atoms with E-state index in [4.69, 9.17) is 23.2 Å². The average Bonchev–Trinajstić information content (AvgIpc) is 3.31. The molecule has 1 aliphatic heterocycles. The number of aromatic nitrogens is 1. The van der Waals surface area contributed by atoms with Gasteiger partial charge in [-0.15, -0.1) is 11.3 Å². The molecular weight excluding hydrogens is 463 g/mol. The number of nitrogens with zero attached hydrogens (tertiary/aromatic N) is 3. The number of carbonyl (C=O) groups is 1. The van der Waals surface area contributed by atoms with E-state index in [1.165, 1.54) is 23.5 Å². The number of carbonyl (C=O) groups excluding carboxylic acids is 1. The van der Waals surface area contributed by atoms with Crippen LogP contribution in [0.15, 0.2) is 46.8 Å². The van der Waals surface area contributed by atoms with Crippen molar-refractivity contribution >= 4 is 46.1 Å². The molecule has 1 amide bonds. The van der Waals surface area contributed by atoms with E-state index >= 15 is 0 Å². The second kappa shape index (κ2) is 9.51. The number of benzene rings is 2. The summed E-state index contributed by atoms with van der Waals surface area (Å²) in [6.07, 6.45) is 2.20. The average molecular weight is 482 g/mol. The Morgan fingerprint density at radius 1 is 1.10 bits per heavy atom. The molecule has 31 heavy (non-hydrogen) atoms. The molecule has 0 unspecified atom stereocenters. The number of amides is 1. The lowest BCUT2D eigenvalue weighted by molar-refractivity contribution is -0.127. The quantitative estimate of drug-likeness (QED) is 0.422. The molecule has 0 spiro atoms. The van der Waals surface area contributed by atoms with Gasteiger partial charge in [-0.3, -0.25) is 4.79 Å². The fourth-order valence-electron chi connectivity index (χ4n) is 3.58. The lowest BCUT2D eigenvalue weighted by Gasteiger charge is -2.16. The molecule has 1 aromatic heterocycles. The van der Waals surface area contributed by atoms with Crippen molar-refractivity contribution < 1.29 is 13.6 Å². The number of hydrogen-bond donors (Lipinski definition) is 0. The molecule has 1 aliphatic rings. The Balaban J connectivity index is 1.71. The van der Waals surface area contributed by atoms with E-state index in [2.05, 4.69) is 4.99 Å². The SMILES string of the molecule is O=C1CCCN1CCCn1c(-c2ccc(Cl)cc2Cl)csc1=Nc1ccc(F)cc1F. The van der Waals surface area contributed by atoms with E-state index in [0.717, 1.165) is 30.3 Å². The molecule has 0 aliphatic carbocycles. The third-order valence-corrected chi connectivity index (χ3v) is 6.52. The van der Waals surface area contributed by atoms with Crippen LogP contribution in [0.25, 0.3) is 11.3 Å². The summed E-state index contributed by atoms with van der Waals surface area (Å²) < 4.78 is 29.4. The van der Waals surface area contributed by atoms with Gasteiger partial charge in [0.2, 0.25) is 5.91 Å². The third kappa shape index (κ3) is 5.00. The molecule has 0 radical (unpaired) electrons. The Morgan fingerprint density at radius 2 is 1.94 bits per heavy atom. The molecule has 162 valence electrons. The summed E-state index contributed by atoms with van der Waals surface area (Å²) in [5.41, 5.74) is 1.65. The van der Waals surface area contributed by atoms with Gasteiger partial charge in [0.15, 0.2) is 10.6 Å². The van der Waals surface area contributed by atoms with E-state index in [1.54, 1.807) is 12.1 Å². The number of hydrogen-bond acceptors (Lipinski definition) is 3. The van der Waals surface area contributed by atoms with Gasteiger partial charge in [0.25, 0.3) is 0 Å². The minimum absolute atomic E-state index is 0.0560. The van der Waals surface area contributed by atoms with Crippen LogP contribution in [0.3, 0.4) is 0 Å². The second-order valence-electron chi connectivity index (χ2n) is 7.22. The second-order valence-corrected chi connectivity index (χ2v) is 8.90. The highest BCUT2D eigenvalue weighted by atomic mass is 35.5. The molecule has 2 heterocycles. The Kier molecular flexibility index (Phi) is 6.74. The maximum Gasteiger partial charge on any atom is 0.222 e. The summed E-state index contributed by atoms with van der Waals surface area (Å²) in [6, 6.07) is 8.55. The van der Waals surface area contributed by atoms with Crippen LogP contribution in [0, 0.1) is 11.6 Å². The molecule has 4 nitrogen and oxygen atoms in total. The fraction of sp³-hybridized carbons (Fsp3) is 0.273. The summed E-state index contributed by atoms with van der Waals surface area (Å²) in [5, 5.41) is 2.92. The lowest BCUT2D eigenvalue weighted by atomic mass is 10.1. The first kappa shape index (κ1) is 22.0. The Labute approximate surface area is 192 Å². The van der Waals surface area contributed by atoms with Crippen molar-refractivity contribution in [3.05, 3.63) is 68.3 Å². The van der Waals surface area contributed by atoms with Crippen LogP contribution in [0.4, 0.5) is 14.5 Å². The Hall–Kier alpha value is -2.22. The van der Waals surface area contributed by atoms with Gasteiger partial charge in [-0.1, -0.05) is 23.2 Å². The van der Waals surface area contributed by atoms with Gasteiger partial charge < -0.3 is 9.47 Å². The van der Waals surface area contributed by atoms with Gasteiger partial charge in [0.1, 0.15) is 11.5 Å². The van der Waals surface area contributed by atoms with Crippen LogP contribution in [0.5, 0.6) is 0 Å². The van der Waals surface area contributed by atoms with E-state index in [-0.39, 0.29) is 11.6 Å². The van der Waals surface area contributed by atoms with Crippen molar-refractivity contribution in [1.82, 2.24) is 9.47 Å². The standard InChI is InChI=1S/C22H19Cl2F2N3OS/c23-14-4-6-16(17(24)11-14)20-13-31-22(27-19-7-5-15(25)12-18(19)26)29(20)10-2-9-28-8-1-3-21(28)30/h4-7,11-13H,1-3,8-10H2. The van der Waals surface area contributed by atoms with E-state index < -0.39 is 11.6 Å². The summed E-state index contributed by atoms with van der Waals surface area (Å²) >= 11 is 13.8. The molecule has 9 heteroatoms. The third-order valence-electron chi connectivity index (χ3n) is 5.11. The van der Waals surface area contributed by atoms with Gasteiger partial charge in [-0.2, -0.15) is 0 Å². The zero-order valence-corrected chi connectivity index (χ0v) is 18.8. The van der Waals surface area contributed by atoms with E-state index in [1.807, 2.05) is 20.9 Å². The van der Waals surface area contributed by atoms with Gasteiger partial charge in [0.05, 0.1) is 10.7 Å². The van der Waals surface area contributed by atoms with Crippen molar-refractivity contribution in [2.45, 2.75) is 25.8 Å². The van der Waals surface area contributed by atoms with Gasteiger partial charge >= 0.3 is 0 Å². The number of halogens is 4. The van der Waals surface area contributed by atoms with Crippen LogP contribution >= 0.6 is 34.5 Å². The molecule has 0 bridgehead atoms. The molecule has 1 saturated heterocycles. The van der Waals surface area contributed by atoms with Crippen molar-refractivity contribution in [3.8, 4) is 11.3 Å². The lowest BCUT2D eigenvalue weighted by Crippen LogP contribution is -2.27. The van der Waals surface area contributed by atoms with Crippen LogP contribution in [0.1, 0.15) is 19.3 Å². The normalized spacial score (nSPS) is 14.6. The first-order chi connectivity index (χ1) is 14.9. The number of thiazole rings is 1. The summed E-state index contributed by atoms with van der Waals surface area (Å²) in [6.45, 7) is 1.98.